The highest BCUT2D eigenvalue weighted by molar-refractivity contribution is 6.31. The first-order chi connectivity index (χ1) is 9.31. The quantitative estimate of drug-likeness (QED) is 0.611. The number of alkyl halides is 3. The topological polar surface area (TPSA) is 17.1 Å². The van der Waals surface area contributed by atoms with Gasteiger partial charge in [0, 0.05) is 11.5 Å². The number of carbonyl (C=O) groups is 1. The Morgan fingerprint density at radius 2 is 1.75 bits per heavy atom. The molecular weight excluding hydrogens is 289 g/mol. The standard InChI is InChI=1S/C15H18ClF3O/c1-3-5-10(6-4-2)14(20)11-7-8-12(13(16)9-11)15(17,18)19/h7-10H,3-6H2,1-2H3. The molecule has 0 aliphatic heterocycles. The Morgan fingerprint density at radius 3 is 2.15 bits per heavy atom. The highest BCUT2D eigenvalue weighted by atomic mass is 35.5. The molecule has 0 unspecified atom stereocenters. The van der Waals surface area contributed by atoms with E-state index in [1.165, 1.54) is 6.07 Å². The molecule has 1 rings (SSSR count). The molecule has 5 heteroatoms. The first-order valence-corrected chi connectivity index (χ1v) is 7.10. The van der Waals surface area contributed by atoms with E-state index in [2.05, 4.69) is 0 Å². The summed E-state index contributed by atoms with van der Waals surface area (Å²) in [7, 11) is 0. The van der Waals surface area contributed by atoms with E-state index in [-0.39, 0.29) is 17.3 Å². The molecule has 0 amide bonds. The zero-order chi connectivity index (χ0) is 15.3. The zero-order valence-electron chi connectivity index (χ0n) is 11.6. The van der Waals surface area contributed by atoms with Crippen molar-refractivity contribution in [3.63, 3.8) is 0 Å². The number of halogens is 4. The lowest BCUT2D eigenvalue weighted by Crippen LogP contribution is -2.15. The minimum Gasteiger partial charge on any atom is -0.294 e. The lowest BCUT2D eigenvalue weighted by Gasteiger charge is -2.15. The van der Waals surface area contributed by atoms with Crippen LogP contribution in [0.2, 0.25) is 5.02 Å². The maximum Gasteiger partial charge on any atom is 0.417 e. The molecule has 0 radical (unpaired) electrons. The molecule has 0 heterocycles. The van der Waals surface area contributed by atoms with E-state index >= 15 is 0 Å². The normalized spacial score (nSPS) is 11.9. The summed E-state index contributed by atoms with van der Waals surface area (Å²) >= 11 is 5.64. The molecule has 0 bridgehead atoms. The van der Waals surface area contributed by atoms with E-state index in [1.807, 2.05) is 13.8 Å². The van der Waals surface area contributed by atoms with Crippen LogP contribution in [-0.2, 0) is 6.18 Å². The number of rotatable bonds is 6. The third-order valence-corrected chi connectivity index (χ3v) is 3.52. The fourth-order valence-corrected chi connectivity index (χ4v) is 2.53. The van der Waals surface area contributed by atoms with Crippen LogP contribution >= 0.6 is 11.6 Å². The van der Waals surface area contributed by atoms with Gasteiger partial charge in [-0.3, -0.25) is 4.79 Å². The molecule has 1 aromatic carbocycles. The lowest BCUT2D eigenvalue weighted by molar-refractivity contribution is -0.137. The van der Waals surface area contributed by atoms with E-state index in [4.69, 9.17) is 11.6 Å². The molecule has 0 fully saturated rings. The Balaban J connectivity index is 3.02. The van der Waals surface area contributed by atoms with Crippen LogP contribution in [0.25, 0.3) is 0 Å². The van der Waals surface area contributed by atoms with E-state index in [0.717, 1.165) is 37.8 Å². The van der Waals surface area contributed by atoms with Crippen LogP contribution < -0.4 is 0 Å². The average molecular weight is 307 g/mol. The number of benzene rings is 1. The molecule has 0 saturated carbocycles. The number of hydrogen-bond acceptors (Lipinski definition) is 1. The number of carbonyl (C=O) groups excluding carboxylic acids is 1. The molecule has 112 valence electrons. The van der Waals surface area contributed by atoms with Crippen molar-refractivity contribution in [2.24, 2.45) is 5.92 Å². The Labute approximate surface area is 122 Å². The highest BCUT2D eigenvalue weighted by Gasteiger charge is 2.33. The van der Waals surface area contributed by atoms with Crippen LogP contribution in [0.1, 0.15) is 55.5 Å². The summed E-state index contributed by atoms with van der Waals surface area (Å²) in [5.41, 5.74) is -0.645. The Bertz CT molecular complexity index is 463. The number of Topliss-reactive ketones (excluding diaryl/α,β-unsaturated/α-hetero) is 1. The molecule has 0 aliphatic carbocycles. The monoisotopic (exact) mass is 306 g/mol. The summed E-state index contributed by atoms with van der Waals surface area (Å²) in [5, 5.41) is -0.421. The van der Waals surface area contributed by atoms with Gasteiger partial charge in [-0.25, -0.2) is 0 Å². The molecule has 1 nitrogen and oxygen atoms in total. The SMILES string of the molecule is CCCC(CCC)C(=O)c1ccc(C(F)(F)F)c(Cl)c1. The van der Waals surface area contributed by atoms with E-state index in [1.54, 1.807) is 0 Å². The van der Waals surface area contributed by atoms with Gasteiger partial charge in [0.15, 0.2) is 5.78 Å². The maximum absolute atomic E-state index is 12.6. The molecule has 1 aromatic rings. The zero-order valence-corrected chi connectivity index (χ0v) is 12.3. The van der Waals surface area contributed by atoms with Gasteiger partial charge in [-0.2, -0.15) is 13.2 Å². The predicted molar refractivity (Wildman–Crippen MR) is 74.1 cm³/mol. The van der Waals surface area contributed by atoms with Crippen molar-refractivity contribution >= 4 is 17.4 Å². The smallest absolute Gasteiger partial charge is 0.294 e. The molecule has 0 atom stereocenters. The third kappa shape index (κ3) is 4.23. The molecule has 20 heavy (non-hydrogen) atoms. The summed E-state index contributed by atoms with van der Waals surface area (Å²) in [6.07, 6.45) is -1.28. The van der Waals surface area contributed by atoms with E-state index in [0.29, 0.717) is 0 Å². The first-order valence-electron chi connectivity index (χ1n) is 6.72. The van der Waals surface area contributed by atoms with Gasteiger partial charge >= 0.3 is 6.18 Å². The van der Waals surface area contributed by atoms with Gasteiger partial charge in [-0.1, -0.05) is 44.4 Å². The fraction of sp³-hybridized carbons (Fsp3) is 0.533. The molecule has 0 aromatic heterocycles. The summed E-state index contributed by atoms with van der Waals surface area (Å²) in [5.74, 6) is -0.262. The Hall–Kier alpha value is -1.03. The lowest BCUT2D eigenvalue weighted by atomic mass is 9.89. The molecule has 0 spiro atoms. The average Bonchev–Trinajstić information content (AvgIpc) is 2.36. The van der Waals surface area contributed by atoms with Crippen molar-refractivity contribution in [2.45, 2.75) is 45.7 Å². The van der Waals surface area contributed by atoms with Crippen molar-refractivity contribution < 1.29 is 18.0 Å². The third-order valence-electron chi connectivity index (χ3n) is 3.20. The first kappa shape index (κ1) is 17.0. The maximum atomic E-state index is 12.6. The highest BCUT2D eigenvalue weighted by Crippen LogP contribution is 2.35. The molecule has 0 aliphatic rings. The molecule has 0 saturated heterocycles. The van der Waals surface area contributed by atoms with Gasteiger partial charge in [0.05, 0.1) is 10.6 Å². The van der Waals surface area contributed by atoms with Crippen LogP contribution in [0, 0.1) is 5.92 Å². The minimum atomic E-state index is -4.50. The van der Waals surface area contributed by atoms with Crippen LogP contribution in [0.4, 0.5) is 13.2 Å². The fourth-order valence-electron chi connectivity index (χ4n) is 2.24. The van der Waals surface area contributed by atoms with Crippen molar-refractivity contribution in [3.8, 4) is 0 Å². The van der Waals surface area contributed by atoms with Crippen molar-refractivity contribution in [1.82, 2.24) is 0 Å². The summed E-state index contributed by atoms with van der Waals surface area (Å²) in [6.45, 7) is 3.96. The second-order valence-electron chi connectivity index (χ2n) is 4.83. The van der Waals surface area contributed by atoms with Crippen molar-refractivity contribution in [1.29, 1.82) is 0 Å². The van der Waals surface area contributed by atoms with Crippen LogP contribution in [0.5, 0.6) is 0 Å². The van der Waals surface area contributed by atoms with Crippen molar-refractivity contribution in [3.05, 3.63) is 34.3 Å². The van der Waals surface area contributed by atoms with Gasteiger partial charge in [0.1, 0.15) is 0 Å². The Kier molecular flexibility index (Phi) is 6.06. The van der Waals surface area contributed by atoms with Crippen LogP contribution in [-0.4, -0.2) is 5.78 Å². The number of hydrogen-bond donors (Lipinski definition) is 0. The Morgan fingerprint density at radius 1 is 1.20 bits per heavy atom. The van der Waals surface area contributed by atoms with Gasteiger partial charge in [0.2, 0.25) is 0 Å². The minimum absolute atomic E-state index is 0.121. The van der Waals surface area contributed by atoms with E-state index in [9.17, 15) is 18.0 Å². The summed E-state index contributed by atoms with van der Waals surface area (Å²) in [6, 6.07) is 3.23. The summed E-state index contributed by atoms with van der Waals surface area (Å²) in [4.78, 5) is 12.3. The van der Waals surface area contributed by atoms with Crippen molar-refractivity contribution in [2.75, 3.05) is 0 Å². The molecule has 0 N–H and O–H groups in total. The summed E-state index contributed by atoms with van der Waals surface area (Å²) < 4.78 is 37.8. The van der Waals surface area contributed by atoms with Gasteiger partial charge < -0.3 is 0 Å². The van der Waals surface area contributed by atoms with Crippen LogP contribution in [0.15, 0.2) is 18.2 Å². The van der Waals surface area contributed by atoms with E-state index < -0.39 is 16.8 Å². The largest absolute Gasteiger partial charge is 0.417 e. The number of ketones is 1. The van der Waals surface area contributed by atoms with Gasteiger partial charge in [-0.15, -0.1) is 0 Å². The second-order valence-corrected chi connectivity index (χ2v) is 5.24. The van der Waals surface area contributed by atoms with Gasteiger partial charge in [-0.05, 0) is 25.0 Å². The predicted octanol–water partition coefficient (Wildman–Crippen LogP) is 5.76. The van der Waals surface area contributed by atoms with Gasteiger partial charge in [0.25, 0.3) is 0 Å². The molecular formula is C15H18ClF3O. The second kappa shape index (κ2) is 7.11. The van der Waals surface area contributed by atoms with Crippen LogP contribution in [0.3, 0.4) is 0 Å².